The van der Waals surface area contributed by atoms with Crippen molar-refractivity contribution in [3.63, 3.8) is 0 Å². The summed E-state index contributed by atoms with van der Waals surface area (Å²) in [5.41, 5.74) is 3.08. The van der Waals surface area contributed by atoms with Crippen molar-refractivity contribution in [1.82, 2.24) is 15.5 Å². The van der Waals surface area contributed by atoms with Gasteiger partial charge >= 0.3 is 0 Å². The van der Waals surface area contributed by atoms with E-state index >= 15 is 0 Å². The van der Waals surface area contributed by atoms with Gasteiger partial charge in [-0.1, -0.05) is 24.3 Å². The van der Waals surface area contributed by atoms with Crippen molar-refractivity contribution < 1.29 is 9.53 Å². The number of likely N-dealkylation sites (N-methyl/N-ethyl adjacent to an activating group) is 1. The molecule has 2 rings (SSSR count). The molecule has 0 unspecified atom stereocenters. The highest BCUT2D eigenvalue weighted by atomic mass is 16.5. The van der Waals surface area contributed by atoms with Crippen LogP contribution in [0.4, 0.5) is 5.69 Å². The van der Waals surface area contributed by atoms with E-state index in [1.165, 1.54) is 5.56 Å². The fraction of sp³-hybridized carbons (Fsp3) is 0.364. The van der Waals surface area contributed by atoms with Crippen LogP contribution in [0.2, 0.25) is 0 Å². The second-order valence-electron chi connectivity index (χ2n) is 6.94. The molecule has 29 heavy (non-hydrogen) atoms. The van der Waals surface area contributed by atoms with Gasteiger partial charge in [-0.3, -0.25) is 9.79 Å². The number of rotatable bonds is 9. The Morgan fingerprint density at radius 3 is 2.48 bits per heavy atom. The summed E-state index contributed by atoms with van der Waals surface area (Å²) in [6.45, 7) is 1.74. The lowest BCUT2D eigenvalue weighted by Crippen LogP contribution is -2.37. The zero-order valence-electron chi connectivity index (χ0n) is 17.7. The molecule has 7 heteroatoms. The number of aliphatic imine (C=N–C) groups is 1. The first-order valence-corrected chi connectivity index (χ1v) is 9.61. The molecule has 3 N–H and O–H groups in total. The lowest BCUT2D eigenvalue weighted by atomic mass is 10.1. The maximum atomic E-state index is 11.9. The van der Waals surface area contributed by atoms with Crippen LogP contribution in [-0.2, 0) is 17.8 Å². The van der Waals surface area contributed by atoms with E-state index in [1.807, 2.05) is 55.4 Å². The van der Waals surface area contributed by atoms with Gasteiger partial charge in [-0.25, -0.2) is 0 Å². The minimum absolute atomic E-state index is 0.0314. The van der Waals surface area contributed by atoms with Gasteiger partial charge in [0.2, 0.25) is 5.91 Å². The lowest BCUT2D eigenvalue weighted by Gasteiger charge is -2.13. The Morgan fingerprint density at radius 2 is 1.83 bits per heavy atom. The summed E-state index contributed by atoms with van der Waals surface area (Å²) in [4.78, 5) is 18.0. The highest BCUT2D eigenvalue weighted by molar-refractivity contribution is 5.92. The second-order valence-corrected chi connectivity index (χ2v) is 6.94. The third kappa shape index (κ3) is 8.23. The number of hydrogen-bond acceptors (Lipinski definition) is 4. The van der Waals surface area contributed by atoms with E-state index in [9.17, 15) is 4.79 Å². The number of methoxy groups -OCH3 is 1. The molecule has 0 aliphatic heterocycles. The van der Waals surface area contributed by atoms with Crippen molar-refractivity contribution in [2.45, 2.75) is 13.0 Å². The van der Waals surface area contributed by atoms with Gasteiger partial charge in [0.1, 0.15) is 5.75 Å². The van der Waals surface area contributed by atoms with Gasteiger partial charge < -0.3 is 25.6 Å². The molecular weight excluding hydrogens is 366 g/mol. The molecule has 0 fully saturated rings. The smallest absolute Gasteiger partial charge is 0.238 e. The zero-order chi connectivity index (χ0) is 21.1. The molecule has 0 atom stereocenters. The summed E-state index contributed by atoms with van der Waals surface area (Å²) in [6, 6.07) is 15.9. The third-order valence-corrected chi connectivity index (χ3v) is 4.22. The van der Waals surface area contributed by atoms with Gasteiger partial charge in [0.15, 0.2) is 5.96 Å². The number of benzene rings is 2. The molecule has 2 aromatic carbocycles. The fourth-order valence-corrected chi connectivity index (χ4v) is 2.77. The van der Waals surface area contributed by atoms with Gasteiger partial charge in [-0.2, -0.15) is 0 Å². The monoisotopic (exact) mass is 397 g/mol. The van der Waals surface area contributed by atoms with Crippen LogP contribution in [0.3, 0.4) is 0 Å². The predicted molar refractivity (Wildman–Crippen MR) is 119 cm³/mol. The highest BCUT2D eigenvalue weighted by Crippen LogP contribution is 2.12. The van der Waals surface area contributed by atoms with E-state index in [1.54, 1.807) is 14.2 Å². The lowest BCUT2D eigenvalue weighted by molar-refractivity contribution is -0.116. The van der Waals surface area contributed by atoms with Gasteiger partial charge in [0.25, 0.3) is 0 Å². The Labute approximate surface area is 173 Å². The largest absolute Gasteiger partial charge is 0.497 e. The van der Waals surface area contributed by atoms with Crippen molar-refractivity contribution in [2.24, 2.45) is 4.99 Å². The first-order chi connectivity index (χ1) is 14.0. The van der Waals surface area contributed by atoms with Gasteiger partial charge in [-0.05, 0) is 55.9 Å². The summed E-state index contributed by atoms with van der Waals surface area (Å²) in [5.74, 6) is 1.57. The molecule has 0 radical (unpaired) electrons. The number of amides is 1. The Bertz CT molecular complexity index is 803. The van der Waals surface area contributed by atoms with Crippen LogP contribution in [0.5, 0.6) is 5.75 Å². The first-order valence-electron chi connectivity index (χ1n) is 9.61. The van der Waals surface area contributed by atoms with E-state index in [0.29, 0.717) is 13.1 Å². The summed E-state index contributed by atoms with van der Waals surface area (Å²) in [7, 11) is 7.15. The first kappa shape index (κ1) is 22.2. The molecule has 156 valence electrons. The SMILES string of the molecule is CN=C(NCCc1ccc(OC)cc1)NCc1cccc(NC(=O)CN(C)C)c1. The summed E-state index contributed by atoms with van der Waals surface area (Å²) >= 11 is 0. The molecule has 0 spiro atoms. The van der Waals surface area contributed by atoms with Crippen molar-refractivity contribution in [3.05, 3.63) is 59.7 Å². The average Bonchev–Trinajstić information content (AvgIpc) is 2.70. The number of nitrogens with zero attached hydrogens (tertiary/aromatic N) is 2. The normalized spacial score (nSPS) is 11.3. The molecule has 0 aliphatic carbocycles. The van der Waals surface area contributed by atoms with Crippen LogP contribution in [0.1, 0.15) is 11.1 Å². The Balaban J connectivity index is 1.79. The molecule has 2 aromatic rings. The molecule has 0 saturated heterocycles. The van der Waals surface area contributed by atoms with E-state index in [-0.39, 0.29) is 5.91 Å². The van der Waals surface area contributed by atoms with E-state index in [4.69, 9.17) is 4.74 Å². The van der Waals surface area contributed by atoms with Gasteiger partial charge in [-0.15, -0.1) is 0 Å². The fourth-order valence-electron chi connectivity index (χ4n) is 2.77. The molecule has 7 nitrogen and oxygen atoms in total. The second kappa shape index (κ2) is 11.7. The summed E-state index contributed by atoms with van der Waals surface area (Å²) in [6.07, 6.45) is 0.887. The quantitative estimate of drug-likeness (QED) is 0.446. The Morgan fingerprint density at radius 1 is 1.07 bits per heavy atom. The Kier molecular flexibility index (Phi) is 8.98. The average molecular weight is 398 g/mol. The minimum Gasteiger partial charge on any atom is -0.497 e. The predicted octanol–water partition coefficient (Wildman–Crippen LogP) is 2.10. The molecule has 0 bridgehead atoms. The van der Waals surface area contributed by atoms with Crippen LogP contribution < -0.4 is 20.7 Å². The van der Waals surface area contributed by atoms with Crippen molar-refractivity contribution >= 4 is 17.6 Å². The third-order valence-electron chi connectivity index (χ3n) is 4.22. The van der Waals surface area contributed by atoms with Crippen LogP contribution in [0, 0.1) is 0 Å². The maximum absolute atomic E-state index is 11.9. The van der Waals surface area contributed by atoms with Crippen molar-refractivity contribution in [1.29, 1.82) is 0 Å². The van der Waals surface area contributed by atoms with E-state index in [0.717, 1.165) is 35.9 Å². The molecule has 1 amide bonds. The van der Waals surface area contributed by atoms with Crippen LogP contribution >= 0.6 is 0 Å². The number of carbonyl (C=O) groups excluding carboxylic acids is 1. The molecule has 0 aliphatic rings. The topological polar surface area (TPSA) is 78.0 Å². The number of anilines is 1. The minimum atomic E-state index is -0.0314. The number of nitrogens with one attached hydrogen (secondary N) is 3. The molecule has 0 heterocycles. The highest BCUT2D eigenvalue weighted by Gasteiger charge is 2.05. The maximum Gasteiger partial charge on any atom is 0.238 e. The van der Waals surface area contributed by atoms with Crippen LogP contribution in [0.15, 0.2) is 53.5 Å². The molecular formula is C22H31N5O2. The number of hydrogen-bond donors (Lipinski definition) is 3. The summed E-state index contributed by atoms with van der Waals surface area (Å²) < 4.78 is 5.18. The molecule has 0 saturated carbocycles. The van der Waals surface area contributed by atoms with Crippen LogP contribution in [0.25, 0.3) is 0 Å². The van der Waals surface area contributed by atoms with Gasteiger partial charge in [0.05, 0.1) is 13.7 Å². The molecule has 0 aromatic heterocycles. The number of ether oxygens (including phenoxy) is 1. The Hall–Kier alpha value is -3.06. The summed E-state index contributed by atoms with van der Waals surface area (Å²) in [5, 5.41) is 9.53. The van der Waals surface area contributed by atoms with E-state index in [2.05, 4.69) is 33.1 Å². The van der Waals surface area contributed by atoms with Crippen molar-refractivity contribution in [3.8, 4) is 5.75 Å². The standard InChI is InChI=1S/C22H31N5O2/c1-23-22(24-13-12-17-8-10-20(29-4)11-9-17)25-15-18-6-5-7-19(14-18)26-21(28)16-27(2)3/h5-11,14H,12-13,15-16H2,1-4H3,(H,26,28)(H2,23,24,25). The number of guanidine groups is 1. The van der Waals surface area contributed by atoms with Crippen LogP contribution in [-0.4, -0.2) is 58.1 Å². The van der Waals surface area contributed by atoms with Gasteiger partial charge in [0, 0.05) is 25.8 Å². The number of carbonyl (C=O) groups is 1. The van der Waals surface area contributed by atoms with Crippen molar-refractivity contribution in [2.75, 3.05) is 46.7 Å². The zero-order valence-corrected chi connectivity index (χ0v) is 17.7. The van der Waals surface area contributed by atoms with E-state index < -0.39 is 0 Å².